The van der Waals surface area contributed by atoms with E-state index in [2.05, 4.69) is 10.0 Å². The van der Waals surface area contributed by atoms with E-state index in [-0.39, 0.29) is 22.2 Å². The summed E-state index contributed by atoms with van der Waals surface area (Å²) in [6.07, 6.45) is 0. The zero-order valence-corrected chi connectivity index (χ0v) is 17.0. The summed E-state index contributed by atoms with van der Waals surface area (Å²) in [5.74, 6) is 0.457. The monoisotopic (exact) mass is 416 g/mol. The van der Waals surface area contributed by atoms with Gasteiger partial charge in [0.2, 0.25) is 0 Å². The molecular weight excluding hydrogens is 395 g/mol. The fourth-order valence-electron chi connectivity index (χ4n) is 2.78. The Labute approximate surface area is 168 Å². The Hall–Kier alpha value is -3.13. The molecule has 0 saturated carbocycles. The molecule has 6 nitrogen and oxygen atoms in total. The Morgan fingerprint density at radius 1 is 1.03 bits per heavy atom. The fraction of sp³-hybridized carbons (Fsp3) is 0.190. The lowest BCUT2D eigenvalue weighted by Crippen LogP contribution is -2.27. The maximum absolute atomic E-state index is 13.0. The van der Waals surface area contributed by atoms with Crippen LogP contribution in [0.1, 0.15) is 40.4 Å². The summed E-state index contributed by atoms with van der Waals surface area (Å²) in [5.41, 5.74) is 1.09. The number of rotatable bonds is 6. The average molecular weight is 416 g/mol. The maximum atomic E-state index is 13.0. The Balaban J connectivity index is 1.83. The molecule has 1 unspecified atom stereocenters. The topological polar surface area (TPSA) is 88.4 Å². The van der Waals surface area contributed by atoms with Gasteiger partial charge < -0.3 is 9.73 Å². The third kappa shape index (κ3) is 4.83. The summed E-state index contributed by atoms with van der Waals surface area (Å²) in [7, 11) is -3.95. The van der Waals surface area contributed by atoms with Gasteiger partial charge in [0, 0.05) is 11.3 Å². The maximum Gasteiger partial charge on any atom is 0.261 e. The van der Waals surface area contributed by atoms with Crippen LogP contribution in [0.5, 0.6) is 0 Å². The van der Waals surface area contributed by atoms with Gasteiger partial charge in [-0.1, -0.05) is 6.07 Å². The first kappa shape index (κ1) is 20.6. The average Bonchev–Trinajstić information content (AvgIpc) is 3.10. The number of nitrogens with one attached hydrogen (secondary N) is 2. The van der Waals surface area contributed by atoms with E-state index >= 15 is 0 Å². The van der Waals surface area contributed by atoms with Crippen molar-refractivity contribution in [3.8, 4) is 0 Å². The van der Waals surface area contributed by atoms with Crippen LogP contribution in [0.2, 0.25) is 0 Å². The van der Waals surface area contributed by atoms with Gasteiger partial charge in [-0.25, -0.2) is 12.8 Å². The molecule has 8 heteroatoms. The molecule has 3 aromatic rings. The molecule has 1 amide bonds. The number of aryl methyl sites for hydroxylation is 2. The molecule has 0 bridgehead atoms. The van der Waals surface area contributed by atoms with Crippen molar-refractivity contribution in [2.24, 2.45) is 0 Å². The van der Waals surface area contributed by atoms with Gasteiger partial charge in [0.15, 0.2) is 0 Å². The fourth-order valence-corrected chi connectivity index (χ4v) is 3.86. The summed E-state index contributed by atoms with van der Waals surface area (Å²) < 4.78 is 46.3. The van der Waals surface area contributed by atoms with Crippen molar-refractivity contribution < 1.29 is 22.0 Å². The number of anilines is 1. The Kier molecular flexibility index (Phi) is 5.74. The SMILES string of the molecule is Cc1ccc(C(C)NC(=O)c2cc(S(=O)(=O)Nc3ccc(F)cc3)ccc2C)o1. The van der Waals surface area contributed by atoms with Gasteiger partial charge in [-0.05, 0) is 74.9 Å². The second kappa shape index (κ2) is 8.08. The first-order valence-electron chi connectivity index (χ1n) is 8.92. The first-order valence-corrected chi connectivity index (χ1v) is 10.4. The van der Waals surface area contributed by atoms with Crippen molar-refractivity contribution in [2.75, 3.05) is 4.72 Å². The highest BCUT2D eigenvalue weighted by Crippen LogP contribution is 2.21. The van der Waals surface area contributed by atoms with Gasteiger partial charge in [0.25, 0.3) is 15.9 Å². The van der Waals surface area contributed by atoms with Gasteiger partial charge in [-0.15, -0.1) is 0 Å². The van der Waals surface area contributed by atoms with Crippen LogP contribution in [-0.2, 0) is 10.0 Å². The van der Waals surface area contributed by atoms with E-state index in [1.54, 1.807) is 32.0 Å². The number of carbonyl (C=O) groups is 1. The molecular formula is C21H21FN2O4S. The minimum absolute atomic E-state index is 0.0703. The molecule has 1 heterocycles. The van der Waals surface area contributed by atoms with Crippen LogP contribution in [0.25, 0.3) is 0 Å². The zero-order chi connectivity index (χ0) is 21.2. The van der Waals surface area contributed by atoms with Gasteiger partial charge in [-0.2, -0.15) is 0 Å². The minimum atomic E-state index is -3.95. The quantitative estimate of drug-likeness (QED) is 0.626. The van der Waals surface area contributed by atoms with E-state index in [9.17, 15) is 17.6 Å². The Morgan fingerprint density at radius 2 is 1.72 bits per heavy atom. The van der Waals surface area contributed by atoms with Crippen LogP contribution >= 0.6 is 0 Å². The first-order chi connectivity index (χ1) is 13.7. The highest BCUT2D eigenvalue weighted by atomic mass is 32.2. The van der Waals surface area contributed by atoms with Crippen molar-refractivity contribution in [3.05, 3.63) is 83.1 Å². The highest BCUT2D eigenvalue weighted by molar-refractivity contribution is 7.92. The molecule has 0 saturated heterocycles. The van der Waals surface area contributed by atoms with E-state index in [4.69, 9.17) is 4.42 Å². The third-order valence-electron chi connectivity index (χ3n) is 4.40. The predicted molar refractivity (Wildman–Crippen MR) is 108 cm³/mol. The molecule has 0 radical (unpaired) electrons. The summed E-state index contributed by atoms with van der Waals surface area (Å²) in [6, 6.07) is 12.5. The molecule has 1 atom stereocenters. The number of amides is 1. The molecule has 3 rings (SSSR count). The number of hydrogen-bond donors (Lipinski definition) is 2. The number of sulfonamides is 1. The summed E-state index contributed by atoms with van der Waals surface area (Å²) in [4.78, 5) is 12.7. The van der Waals surface area contributed by atoms with E-state index in [1.807, 2.05) is 6.92 Å². The standard InChI is InChI=1S/C21H21FN2O4S/c1-13-4-10-18(29(26,27)24-17-8-6-16(22)7-9-17)12-19(13)21(25)23-15(3)20-11-5-14(2)28-20/h4-12,15,24H,1-3H3,(H,23,25). The predicted octanol–water partition coefficient (Wildman–Crippen LogP) is 4.33. The highest BCUT2D eigenvalue weighted by Gasteiger charge is 2.20. The van der Waals surface area contributed by atoms with Crippen LogP contribution in [0, 0.1) is 19.7 Å². The lowest BCUT2D eigenvalue weighted by molar-refractivity contribution is 0.0934. The zero-order valence-electron chi connectivity index (χ0n) is 16.2. The second-order valence-electron chi connectivity index (χ2n) is 6.73. The van der Waals surface area contributed by atoms with Crippen LogP contribution < -0.4 is 10.0 Å². The lowest BCUT2D eigenvalue weighted by Gasteiger charge is -2.14. The number of hydrogen-bond acceptors (Lipinski definition) is 4. The molecule has 0 aliphatic rings. The largest absolute Gasteiger partial charge is 0.464 e. The van der Waals surface area contributed by atoms with Crippen LogP contribution in [0.3, 0.4) is 0 Å². The minimum Gasteiger partial charge on any atom is -0.464 e. The summed E-state index contributed by atoms with van der Waals surface area (Å²) in [6.45, 7) is 5.31. The molecule has 0 aliphatic heterocycles. The van der Waals surface area contributed by atoms with Crippen molar-refractivity contribution in [3.63, 3.8) is 0 Å². The number of carbonyl (C=O) groups excluding carboxylic acids is 1. The van der Waals surface area contributed by atoms with Crippen molar-refractivity contribution in [2.45, 2.75) is 31.7 Å². The molecule has 1 aromatic heterocycles. The van der Waals surface area contributed by atoms with Gasteiger partial charge in [0.05, 0.1) is 10.9 Å². The number of halogens is 1. The molecule has 152 valence electrons. The van der Waals surface area contributed by atoms with Crippen molar-refractivity contribution in [1.82, 2.24) is 5.32 Å². The molecule has 0 fully saturated rings. The van der Waals surface area contributed by atoms with E-state index < -0.39 is 21.7 Å². The summed E-state index contributed by atoms with van der Waals surface area (Å²) >= 11 is 0. The third-order valence-corrected chi connectivity index (χ3v) is 5.77. The number of benzene rings is 2. The Morgan fingerprint density at radius 3 is 2.34 bits per heavy atom. The van der Waals surface area contributed by atoms with E-state index in [0.717, 1.165) is 17.9 Å². The van der Waals surface area contributed by atoms with Crippen LogP contribution in [0.15, 0.2) is 63.9 Å². The molecule has 0 aliphatic carbocycles. The van der Waals surface area contributed by atoms with Crippen molar-refractivity contribution in [1.29, 1.82) is 0 Å². The van der Waals surface area contributed by atoms with Crippen LogP contribution in [0.4, 0.5) is 10.1 Å². The van der Waals surface area contributed by atoms with E-state index in [0.29, 0.717) is 11.3 Å². The molecule has 29 heavy (non-hydrogen) atoms. The lowest BCUT2D eigenvalue weighted by atomic mass is 10.1. The van der Waals surface area contributed by atoms with Gasteiger partial charge in [0.1, 0.15) is 17.3 Å². The summed E-state index contributed by atoms with van der Waals surface area (Å²) in [5, 5.41) is 2.81. The smallest absolute Gasteiger partial charge is 0.261 e. The van der Waals surface area contributed by atoms with E-state index in [1.165, 1.54) is 24.3 Å². The molecule has 2 aromatic carbocycles. The normalized spacial score (nSPS) is 12.4. The van der Waals surface area contributed by atoms with Gasteiger partial charge in [-0.3, -0.25) is 9.52 Å². The van der Waals surface area contributed by atoms with Crippen molar-refractivity contribution >= 4 is 21.6 Å². The second-order valence-corrected chi connectivity index (χ2v) is 8.42. The van der Waals surface area contributed by atoms with Gasteiger partial charge >= 0.3 is 0 Å². The Bertz CT molecular complexity index is 1140. The number of furan rings is 1. The molecule has 0 spiro atoms. The van der Waals surface area contributed by atoms with Crippen LogP contribution in [-0.4, -0.2) is 14.3 Å². The molecule has 2 N–H and O–H groups in total.